The third-order valence-corrected chi connectivity index (χ3v) is 8.81. The number of anilines is 2. The fourth-order valence-corrected chi connectivity index (χ4v) is 6.81. The number of rotatable bonds is 8. The number of nitrogens with zero attached hydrogens (tertiary/aromatic N) is 2. The lowest BCUT2D eigenvalue weighted by molar-refractivity contribution is -0.153. The molecule has 0 heterocycles. The van der Waals surface area contributed by atoms with Crippen molar-refractivity contribution in [3.8, 4) is 11.5 Å². The van der Waals surface area contributed by atoms with Crippen LogP contribution in [0, 0.1) is 11.8 Å². The van der Waals surface area contributed by atoms with Crippen molar-refractivity contribution >= 4 is 34.6 Å². The number of Topliss-reactive ketones (excluding diaryl/α,β-unsaturated/α-hetero) is 2. The minimum atomic E-state index is -2.96. The zero-order chi connectivity index (χ0) is 33.1. The highest BCUT2D eigenvalue weighted by atomic mass is 19.3. The van der Waals surface area contributed by atoms with Crippen LogP contribution >= 0.6 is 0 Å². The Morgan fingerprint density at radius 2 is 1.78 bits per heavy atom. The second-order valence-corrected chi connectivity index (χ2v) is 11.9. The number of ether oxygens (including phenoxy) is 1. The highest BCUT2D eigenvalue weighted by molar-refractivity contribution is 6.24. The minimum absolute atomic E-state index is 0.0181. The van der Waals surface area contributed by atoms with Gasteiger partial charge in [0.05, 0.1) is 17.3 Å². The number of aromatic hydroxyl groups is 1. The molecule has 240 valence electrons. The lowest BCUT2D eigenvalue weighted by Crippen LogP contribution is -2.65. The molecule has 4 atom stereocenters. The molecule has 2 aromatic carbocycles. The average molecular weight is 629 g/mol. The Balaban J connectivity index is 1.59. The highest BCUT2D eigenvalue weighted by Crippen LogP contribution is 2.54. The summed E-state index contributed by atoms with van der Waals surface area (Å²) in [6.07, 6.45) is 0.117. The number of phenols is 1. The number of ketones is 2. The molecule has 3 aliphatic carbocycles. The Kier molecular flexibility index (Phi) is 8.00. The van der Waals surface area contributed by atoms with Crippen LogP contribution in [0.4, 0.5) is 20.2 Å². The summed E-state index contributed by atoms with van der Waals surface area (Å²) in [6, 6.07) is 6.36. The van der Waals surface area contributed by atoms with Crippen LogP contribution in [0.1, 0.15) is 23.1 Å². The van der Waals surface area contributed by atoms with Gasteiger partial charge < -0.3 is 41.1 Å². The van der Waals surface area contributed by atoms with Crippen LogP contribution in [0.5, 0.6) is 11.5 Å². The molecule has 1 fully saturated rings. The van der Waals surface area contributed by atoms with E-state index in [-0.39, 0.29) is 47.7 Å². The molecule has 12 nitrogen and oxygen atoms in total. The summed E-state index contributed by atoms with van der Waals surface area (Å²) < 4.78 is 29.4. The molecule has 14 heteroatoms. The third kappa shape index (κ3) is 5.03. The number of nitrogens with one attached hydrogen (secondary N) is 1. The van der Waals surface area contributed by atoms with Gasteiger partial charge in [-0.05, 0) is 62.2 Å². The Bertz CT molecular complexity index is 1650. The molecule has 0 spiro atoms. The fourth-order valence-electron chi connectivity index (χ4n) is 6.81. The minimum Gasteiger partial charge on any atom is -0.508 e. The van der Waals surface area contributed by atoms with Crippen molar-refractivity contribution in [2.24, 2.45) is 17.6 Å². The maximum absolute atomic E-state index is 14.1. The Hall–Kier alpha value is -4.69. The van der Waals surface area contributed by atoms with E-state index in [4.69, 9.17) is 5.73 Å². The topological polar surface area (TPSA) is 186 Å². The van der Waals surface area contributed by atoms with Crippen molar-refractivity contribution in [2.75, 3.05) is 38.4 Å². The van der Waals surface area contributed by atoms with Gasteiger partial charge in [-0.2, -0.15) is 8.78 Å². The van der Waals surface area contributed by atoms with Crippen molar-refractivity contribution in [3.63, 3.8) is 0 Å². The molecule has 2 aromatic rings. The Morgan fingerprint density at radius 1 is 1.13 bits per heavy atom. The second kappa shape index (κ2) is 11.3. The van der Waals surface area contributed by atoms with E-state index in [0.717, 1.165) is 0 Å². The molecule has 0 aliphatic heterocycles. The molecular formula is C31H34F2N4O8. The largest absolute Gasteiger partial charge is 0.508 e. The third-order valence-electron chi connectivity index (χ3n) is 8.81. The summed E-state index contributed by atoms with van der Waals surface area (Å²) in [4.78, 5) is 42.8. The van der Waals surface area contributed by atoms with E-state index in [1.807, 2.05) is 0 Å². The van der Waals surface area contributed by atoms with Gasteiger partial charge in [-0.1, -0.05) is 12.1 Å². The maximum Gasteiger partial charge on any atom is 0.387 e. The standard InChI is InChI=1S/C31H34F2N4O8/c1-36(2)19-11-18(35-12-13-5-7-15(8-6-13)45-30(32)33)24(38)21-16(19)9-14-10-17-23(37(3)4)26(40)22(29(34)43)28(42)31(17,44)27(41)20(14)25(21)39/h5-8,11,14,17,23,30,35,38-39,42,44H,9-10,12H2,1-4H3,(H2,34,43). The number of alkyl halides is 2. The predicted molar refractivity (Wildman–Crippen MR) is 159 cm³/mol. The number of nitrogens with two attached hydrogens (primary N) is 1. The van der Waals surface area contributed by atoms with Crippen molar-refractivity contribution in [1.29, 1.82) is 0 Å². The summed E-state index contributed by atoms with van der Waals surface area (Å²) in [5.41, 5.74) is 3.42. The molecule has 3 aliphatic rings. The molecule has 45 heavy (non-hydrogen) atoms. The van der Waals surface area contributed by atoms with E-state index < -0.39 is 64.7 Å². The van der Waals surface area contributed by atoms with Gasteiger partial charge in [0, 0.05) is 37.8 Å². The van der Waals surface area contributed by atoms with E-state index in [1.54, 1.807) is 37.2 Å². The summed E-state index contributed by atoms with van der Waals surface area (Å²) in [7, 11) is 6.59. The first kappa shape index (κ1) is 31.7. The van der Waals surface area contributed by atoms with Crippen LogP contribution in [0.2, 0.25) is 0 Å². The summed E-state index contributed by atoms with van der Waals surface area (Å²) in [5.74, 6) is -7.28. The monoisotopic (exact) mass is 628 g/mol. The predicted octanol–water partition coefficient (Wildman–Crippen LogP) is 2.24. The van der Waals surface area contributed by atoms with Gasteiger partial charge in [0.25, 0.3) is 5.91 Å². The number of aliphatic hydroxyl groups is 3. The number of carbonyl (C=O) groups is 3. The van der Waals surface area contributed by atoms with Gasteiger partial charge in [-0.15, -0.1) is 0 Å². The molecule has 5 rings (SSSR count). The van der Waals surface area contributed by atoms with E-state index in [1.165, 1.54) is 31.1 Å². The van der Waals surface area contributed by atoms with E-state index in [9.17, 15) is 43.6 Å². The zero-order valence-electron chi connectivity index (χ0n) is 25.0. The molecule has 1 saturated carbocycles. The summed E-state index contributed by atoms with van der Waals surface area (Å²) in [5, 5.41) is 48.9. The number of amides is 1. The second-order valence-electron chi connectivity index (χ2n) is 11.9. The molecule has 7 N–H and O–H groups in total. The molecule has 0 radical (unpaired) electrons. The van der Waals surface area contributed by atoms with E-state index in [0.29, 0.717) is 16.8 Å². The normalized spacial score (nSPS) is 24.4. The number of halogens is 2. The van der Waals surface area contributed by atoms with Crippen LogP contribution in [0.25, 0.3) is 5.76 Å². The number of primary amides is 1. The zero-order valence-corrected chi connectivity index (χ0v) is 25.0. The lowest BCUT2D eigenvalue weighted by Gasteiger charge is -2.50. The van der Waals surface area contributed by atoms with Crippen LogP contribution < -0.4 is 20.7 Å². The quantitative estimate of drug-likeness (QED) is 0.186. The van der Waals surface area contributed by atoms with Gasteiger partial charge in [-0.25, -0.2) is 0 Å². The summed E-state index contributed by atoms with van der Waals surface area (Å²) >= 11 is 0. The lowest BCUT2D eigenvalue weighted by atomic mass is 9.57. The molecular weight excluding hydrogens is 594 g/mol. The Morgan fingerprint density at radius 3 is 2.33 bits per heavy atom. The number of aliphatic hydroxyl groups excluding tert-OH is 2. The van der Waals surface area contributed by atoms with Crippen molar-refractivity contribution in [1.82, 2.24) is 4.90 Å². The van der Waals surface area contributed by atoms with Crippen LogP contribution in [0.3, 0.4) is 0 Å². The van der Waals surface area contributed by atoms with Gasteiger partial charge >= 0.3 is 6.61 Å². The summed E-state index contributed by atoms with van der Waals surface area (Å²) in [6.45, 7) is -2.82. The van der Waals surface area contributed by atoms with Gasteiger partial charge in [0.15, 0.2) is 11.4 Å². The first-order chi connectivity index (χ1) is 21.1. The van der Waals surface area contributed by atoms with Crippen molar-refractivity contribution in [3.05, 3.63) is 63.9 Å². The molecule has 0 bridgehead atoms. The first-order valence-electron chi connectivity index (χ1n) is 14.1. The first-order valence-corrected chi connectivity index (χ1v) is 14.1. The van der Waals surface area contributed by atoms with Crippen molar-refractivity contribution in [2.45, 2.75) is 37.6 Å². The number of likely N-dealkylation sites (N-methyl/N-ethyl adjacent to an activating group) is 1. The number of hydrogen-bond acceptors (Lipinski definition) is 11. The van der Waals surface area contributed by atoms with Gasteiger partial charge in [0.2, 0.25) is 5.78 Å². The number of benzene rings is 2. The fraction of sp³-hybridized carbons (Fsp3) is 0.387. The average Bonchev–Trinajstić information content (AvgIpc) is 2.94. The molecule has 1 amide bonds. The number of carbonyl (C=O) groups excluding carboxylic acids is 3. The number of phenolic OH excluding ortho intramolecular Hbond substituents is 1. The van der Waals surface area contributed by atoms with E-state index in [2.05, 4.69) is 10.1 Å². The van der Waals surface area contributed by atoms with E-state index >= 15 is 0 Å². The number of hydrogen-bond donors (Lipinski definition) is 6. The smallest absolute Gasteiger partial charge is 0.387 e. The van der Waals surface area contributed by atoms with Crippen molar-refractivity contribution < 1.29 is 48.3 Å². The van der Waals surface area contributed by atoms with Gasteiger partial charge in [0.1, 0.15) is 28.6 Å². The highest BCUT2D eigenvalue weighted by Gasteiger charge is 2.64. The molecule has 4 unspecified atom stereocenters. The SMILES string of the molecule is CN(C)c1cc(NCc2ccc(OC(F)F)cc2)c(O)c2c1CC1CC3C(N(C)C)C(=O)C(C(N)=O)=C(O)C3(O)C(=O)C1=C2O. The molecule has 0 aromatic heterocycles. The molecule has 0 saturated heterocycles. The van der Waals surface area contributed by atoms with Crippen LogP contribution in [-0.2, 0) is 27.3 Å². The maximum atomic E-state index is 14.1. The number of fused-ring (bicyclic) bond motifs is 3. The van der Waals surface area contributed by atoms with Crippen LogP contribution in [0.15, 0.2) is 47.2 Å². The Labute approximate surface area is 257 Å². The van der Waals surface area contributed by atoms with Gasteiger partial charge in [-0.3, -0.25) is 19.3 Å². The van der Waals surface area contributed by atoms with Crippen LogP contribution in [-0.4, -0.2) is 89.2 Å².